The number of rotatable bonds is 6. The summed E-state index contributed by atoms with van der Waals surface area (Å²) in [6.07, 6.45) is 1.48. The average molecular weight is 500 g/mol. The van der Waals surface area contributed by atoms with Crippen molar-refractivity contribution in [1.29, 1.82) is 0 Å². The highest BCUT2D eigenvalue weighted by molar-refractivity contribution is 6.30. The van der Waals surface area contributed by atoms with Gasteiger partial charge in [0.2, 0.25) is 5.91 Å². The highest BCUT2D eigenvalue weighted by atomic mass is 35.5. The number of aromatic nitrogens is 1. The van der Waals surface area contributed by atoms with Crippen LogP contribution in [0.2, 0.25) is 5.02 Å². The van der Waals surface area contributed by atoms with Crippen LogP contribution in [0, 0.1) is 12.8 Å². The van der Waals surface area contributed by atoms with Gasteiger partial charge in [-0.15, -0.1) is 0 Å². The first-order valence-electron chi connectivity index (χ1n) is 12.4. The first-order chi connectivity index (χ1) is 17.5. The second-order valence-electron chi connectivity index (χ2n) is 9.49. The minimum atomic E-state index is -0.257. The lowest BCUT2D eigenvalue weighted by Crippen LogP contribution is -2.44. The fourth-order valence-corrected chi connectivity index (χ4v) is 5.20. The molecule has 1 aromatic heterocycles. The van der Waals surface area contributed by atoms with Gasteiger partial charge in [-0.2, -0.15) is 0 Å². The molecule has 184 valence electrons. The van der Waals surface area contributed by atoms with Gasteiger partial charge in [0, 0.05) is 22.9 Å². The normalized spacial score (nSPS) is 14.2. The Hall–Kier alpha value is -3.41. The van der Waals surface area contributed by atoms with E-state index in [0.29, 0.717) is 17.3 Å². The van der Waals surface area contributed by atoms with Crippen LogP contribution < -0.4 is 5.32 Å². The zero-order valence-corrected chi connectivity index (χ0v) is 21.2. The van der Waals surface area contributed by atoms with E-state index < -0.39 is 0 Å². The van der Waals surface area contributed by atoms with E-state index in [1.807, 2.05) is 77.4 Å². The number of para-hydroxylation sites is 1. The molecular formula is C30H30ClN3O2. The summed E-state index contributed by atoms with van der Waals surface area (Å²) in [4.78, 5) is 29.5. The molecule has 1 aliphatic heterocycles. The van der Waals surface area contributed by atoms with E-state index >= 15 is 0 Å². The fourth-order valence-electron chi connectivity index (χ4n) is 5.07. The van der Waals surface area contributed by atoms with E-state index in [0.717, 1.165) is 53.5 Å². The Morgan fingerprint density at radius 2 is 1.67 bits per heavy atom. The van der Waals surface area contributed by atoms with Crippen molar-refractivity contribution in [3.05, 3.63) is 106 Å². The molecule has 1 aliphatic rings. The van der Waals surface area contributed by atoms with Gasteiger partial charge in [-0.3, -0.25) is 14.5 Å². The SMILES string of the molecule is Cc1cccc2cc(C(=O)N(Cc3ccccc3)C(=O)C3CCNCC3)n(Cc3ccc(Cl)cc3)c12. The standard InChI is InChI=1S/C30H30ClN3O2/c1-21-6-5-9-25-18-27(33(28(21)25)19-23-10-12-26(31)13-11-23)30(36)34(20-22-7-3-2-4-8-22)29(35)24-14-16-32-17-15-24/h2-13,18,24,32H,14-17,19-20H2,1H3. The number of benzene rings is 3. The largest absolute Gasteiger partial charge is 0.332 e. The first kappa shape index (κ1) is 24.3. The topological polar surface area (TPSA) is 54.3 Å². The predicted molar refractivity (Wildman–Crippen MR) is 144 cm³/mol. The van der Waals surface area contributed by atoms with Gasteiger partial charge in [-0.1, -0.05) is 72.3 Å². The molecular weight excluding hydrogens is 470 g/mol. The molecule has 4 aromatic rings. The zero-order chi connectivity index (χ0) is 25.1. The zero-order valence-electron chi connectivity index (χ0n) is 20.4. The van der Waals surface area contributed by atoms with E-state index in [1.165, 1.54) is 4.90 Å². The molecule has 0 aliphatic carbocycles. The number of piperidine rings is 1. The van der Waals surface area contributed by atoms with Crippen LogP contribution in [-0.4, -0.2) is 34.4 Å². The number of carbonyl (C=O) groups is 2. The minimum Gasteiger partial charge on any atom is -0.332 e. The van der Waals surface area contributed by atoms with Crippen LogP contribution in [0.4, 0.5) is 0 Å². The van der Waals surface area contributed by atoms with E-state index in [1.54, 1.807) is 0 Å². The van der Waals surface area contributed by atoms with Gasteiger partial charge >= 0.3 is 0 Å². The van der Waals surface area contributed by atoms with Crippen LogP contribution in [0.15, 0.2) is 78.9 Å². The molecule has 0 spiro atoms. The van der Waals surface area contributed by atoms with Gasteiger partial charge in [0.25, 0.3) is 5.91 Å². The van der Waals surface area contributed by atoms with Crippen molar-refractivity contribution in [3.8, 4) is 0 Å². The van der Waals surface area contributed by atoms with Crippen LogP contribution >= 0.6 is 11.6 Å². The van der Waals surface area contributed by atoms with Crippen molar-refractivity contribution in [3.63, 3.8) is 0 Å². The van der Waals surface area contributed by atoms with Crippen molar-refractivity contribution in [2.45, 2.75) is 32.9 Å². The van der Waals surface area contributed by atoms with Gasteiger partial charge in [-0.25, -0.2) is 0 Å². The summed E-state index contributed by atoms with van der Waals surface area (Å²) in [5.74, 6) is -0.507. The van der Waals surface area contributed by atoms with E-state index in [4.69, 9.17) is 11.6 Å². The Bertz CT molecular complexity index is 1370. The number of hydrogen-bond acceptors (Lipinski definition) is 3. The smallest absolute Gasteiger partial charge is 0.277 e. The number of nitrogens with zero attached hydrogens (tertiary/aromatic N) is 2. The number of imide groups is 1. The lowest BCUT2D eigenvalue weighted by Gasteiger charge is -2.29. The summed E-state index contributed by atoms with van der Waals surface area (Å²) < 4.78 is 2.05. The third kappa shape index (κ3) is 5.08. The van der Waals surface area contributed by atoms with Crippen LogP contribution in [0.25, 0.3) is 10.9 Å². The highest BCUT2D eigenvalue weighted by Gasteiger charge is 2.32. The van der Waals surface area contributed by atoms with Gasteiger partial charge in [0.1, 0.15) is 5.69 Å². The molecule has 0 radical (unpaired) electrons. The third-order valence-corrected chi connectivity index (χ3v) is 7.23. The molecule has 5 rings (SSSR count). The molecule has 0 unspecified atom stereocenters. The molecule has 1 fully saturated rings. The Kier molecular flexibility index (Phi) is 7.21. The maximum atomic E-state index is 14.2. The Balaban J connectivity index is 1.58. The van der Waals surface area contributed by atoms with Gasteiger partial charge in [0.05, 0.1) is 12.1 Å². The molecule has 0 atom stereocenters. The molecule has 2 amide bonds. The summed E-state index contributed by atoms with van der Waals surface area (Å²) >= 11 is 6.11. The fraction of sp³-hybridized carbons (Fsp3) is 0.267. The third-order valence-electron chi connectivity index (χ3n) is 6.98. The van der Waals surface area contributed by atoms with E-state index in [-0.39, 0.29) is 24.3 Å². The monoisotopic (exact) mass is 499 g/mol. The van der Waals surface area contributed by atoms with Gasteiger partial charge in [0.15, 0.2) is 0 Å². The van der Waals surface area contributed by atoms with Crippen LogP contribution in [-0.2, 0) is 17.9 Å². The van der Waals surface area contributed by atoms with Crippen molar-refractivity contribution in [2.24, 2.45) is 5.92 Å². The summed E-state index contributed by atoms with van der Waals surface area (Å²) in [7, 11) is 0. The second-order valence-corrected chi connectivity index (χ2v) is 9.93. The number of fused-ring (bicyclic) bond motifs is 1. The molecule has 1 N–H and O–H groups in total. The molecule has 36 heavy (non-hydrogen) atoms. The number of aryl methyl sites for hydroxylation is 1. The van der Waals surface area contributed by atoms with Gasteiger partial charge in [-0.05, 0) is 67.7 Å². The van der Waals surface area contributed by atoms with Crippen molar-refractivity contribution in [1.82, 2.24) is 14.8 Å². The molecule has 6 heteroatoms. The minimum absolute atomic E-state index is 0.0922. The van der Waals surface area contributed by atoms with Crippen molar-refractivity contribution >= 4 is 34.3 Å². The molecule has 5 nitrogen and oxygen atoms in total. The van der Waals surface area contributed by atoms with Crippen LogP contribution in [0.5, 0.6) is 0 Å². The quantitative estimate of drug-likeness (QED) is 0.340. The summed E-state index contributed by atoms with van der Waals surface area (Å²) in [5, 5.41) is 4.97. The first-order valence-corrected chi connectivity index (χ1v) is 12.8. The highest BCUT2D eigenvalue weighted by Crippen LogP contribution is 2.27. The number of amides is 2. The molecule has 0 saturated carbocycles. The predicted octanol–water partition coefficient (Wildman–Crippen LogP) is 5.82. The average Bonchev–Trinajstić information content (AvgIpc) is 3.28. The second kappa shape index (κ2) is 10.7. The van der Waals surface area contributed by atoms with Crippen molar-refractivity contribution < 1.29 is 9.59 Å². The summed E-state index contributed by atoms with van der Waals surface area (Å²) in [6, 6.07) is 25.4. The number of carbonyl (C=O) groups excluding carboxylic acids is 2. The lowest BCUT2D eigenvalue weighted by molar-refractivity contribution is -0.134. The number of halogens is 1. The lowest BCUT2D eigenvalue weighted by atomic mass is 9.96. The van der Waals surface area contributed by atoms with Crippen LogP contribution in [0.3, 0.4) is 0 Å². The Labute approximate surface area is 216 Å². The van der Waals surface area contributed by atoms with Crippen LogP contribution in [0.1, 0.15) is 40.0 Å². The summed E-state index contributed by atoms with van der Waals surface area (Å²) in [5.41, 5.74) is 4.58. The molecule has 0 bridgehead atoms. The Morgan fingerprint density at radius 1 is 0.944 bits per heavy atom. The van der Waals surface area contributed by atoms with Gasteiger partial charge < -0.3 is 9.88 Å². The summed E-state index contributed by atoms with van der Waals surface area (Å²) in [6.45, 7) is 4.40. The molecule has 1 saturated heterocycles. The maximum Gasteiger partial charge on any atom is 0.277 e. The maximum absolute atomic E-state index is 14.2. The molecule has 3 aromatic carbocycles. The molecule has 2 heterocycles. The number of nitrogens with one attached hydrogen (secondary N) is 1. The number of hydrogen-bond donors (Lipinski definition) is 1. The van der Waals surface area contributed by atoms with E-state index in [9.17, 15) is 9.59 Å². The van der Waals surface area contributed by atoms with Crippen molar-refractivity contribution in [2.75, 3.05) is 13.1 Å². The Morgan fingerprint density at radius 3 is 2.39 bits per heavy atom. The van der Waals surface area contributed by atoms with E-state index in [2.05, 4.69) is 18.3 Å².